The Kier molecular flexibility index (Phi) is 6.74. The first-order valence-electron chi connectivity index (χ1n) is 13.7. The summed E-state index contributed by atoms with van der Waals surface area (Å²) in [7, 11) is -3.96. The summed E-state index contributed by atoms with van der Waals surface area (Å²) in [5.41, 5.74) is 0.773. The summed E-state index contributed by atoms with van der Waals surface area (Å²) in [6.07, 6.45) is 7.71. The molecule has 0 unspecified atom stereocenters. The normalized spacial score (nSPS) is 21.1. The molecule has 2 saturated carbocycles. The third kappa shape index (κ3) is 4.97. The zero-order valence-electron chi connectivity index (χ0n) is 22.1. The lowest BCUT2D eigenvalue weighted by Gasteiger charge is -2.32. The number of fused-ring (bicyclic) bond motifs is 1. The predicted octanol–water partition coefficient (Wildman–Crippen LogP) is 4.43. The molecule has 2 aliphatic rings. The molecule has 2 N–H and O–H groups in total. The summed E-state index contributed by atoms with van der Waals surface area (Å²) in [6.45, 7) is 4.88. The average Bonchev–Trinajstić information content (AvgIpc) is 3.49. The highest BCUT2D eigenvalue weighted by molar-refractivity contribution is 7.91. The van der Waals surface area contributed by atoms with Crippen molar-refractivity contribution >= 4 is 26.8 Å². The van der Waals surface area contributed by atoms with Crippen LogP contribution in [0.1, 0.15) is 58.8 Å². The largest absolute Gasteiger partial charge is 0.439 e. The highest BCUT2D eigenvalue weighted by atomic mass is 32.2. The second kappa shape index (κ2) is 10.2. The van der Waals surface area contributed by atoms with Gasteiger partial charge in [0.25, 0.3) is 0 Å². The highest BCUT2D eigenvalue weighted by Crippen LogP contribution is 2.36. The maximum Gasteiger partial charge on any atom is 0.439 e. The Morgan fingerprint density at radius 3 is 2.46 bits per heavy atom. The fourth-order valence-corrected chi connectivity index (χ4v) is 7.06. The van der Waals surface area contributed by atoms with Crippen LogP contribution in [-0.4, -0.2) is 44.1 Å². The Labute approximate surface area is 226 Å². The van der Waals surface area contributed by atoms with Crippen LogP contribution in [0, 0.1) is 17.8 Å². The van der Waals surface area contributed by atoms with Gasteiger partial charge >= 0.3 is 5.76 Å². The minimum atomic E-state index is -3.96. The monoisotopic (exact) mass is 551 g/mol. The molecule has 3 aromatic heterocycles. The average molecular weight is 552 g/mol. The number of hydrogen-bond donors (Lipinski definition) is 2. The Hall–Kier alpha value is -3.54. The van der Waals surface area contributed by atoms with Gasteiger partial charge in [0.15, 0.2) is 11.5 Å². The number of aromatic amines is 1. The van der Waals surface area contributed by atoms with Crippen LogP contribution in [-0.2, 0) is 16.4 Å². The third-order valence-electron chi connectivity index (χ3n) is 8.31. The molecule has 1 aromatic carbocycles. The van der Waals surface area contributed by atoms with Crippen LogP contribution in [0.25, 0.3) is 22.8 Å². The van der Waals surface area contributed by atoms with Crippen molar-refractivity contribution in [2.75, 3.05) is 5.32 Å². The van der Waals surface area contributed by atoms with Crippen molar-refractivity contribution in [3.8, 4) is 11.6 Å². The summed E-state index contributed by atoms with van der Waals surface area (Å²) in [6, 6.07) is 8.45. The van der Waals surface area contributed by atoms with E-state index in [-0.39, 0.29) is 33.4 Å². The van der Waals surface area contributed by atoms with Gasteiger partial charge < -0.3 is 9.88 Å². The van der Waals surface area contributed by atoms with E-state index in [0.717, 1.165) is 38.5 Å². The fraction of sp³-hybridized carbons (Fsp3) is 0.519. The van der Waals surface area contributed by atoms with Crippen molar-refractivity contribution in [3.63, 3.8) is 0 Å². The number of sulfone groups is 1. The van der Waals surface area contributed by atoms with E-state index in [2.05, 4.69) is 43.8 Å². The van der Waals surface area contributed by atoms with Crippen molar-refractivity contribution in [1.29, 1.82) is 0 Å². The summed E-state index contributed by atoms with van der Waals surface area (Å²) in [5.74, 6) is 1.39. The van der Waals surface area contributed by atoms with E-state index in [9.17, 15) is 13.2 Å². The number of benzene rings is 1. The molecule has 12 heteroatoms. The van der Waals surface area contributed by atoms with Crippen molar-refractivity contribution in [2.24, 2.45) is 17.8 Å². The second-order valence-electron chi connectivity index (χ2n) is 11.1. The topological polar surface area (TPSA) is 149 Å². The quantitative estimate of drug-likeness (QED) is 0.324. The standard InChI is InChI=1S/C27H33N7O4S/c1-16-11-13-18(14-12-16)15-34-21-22(28-17(2)19-7-6-8-19)29-24(25-32-27(35)38-33-25)30-23(21)31-26(34)39(36,37)20-9-4-3-5-10-20/h3-5,9-10,16-19H,6-8,11-15H2,1-2H3,(H,28,29,30)(H,32,33,35)/t16-,17-,18-/m1/s1. The number of nitrogens with one attached hydrogen (secondary N) is 2. The summed E-state index contributed by atoms with van der Waals surface area (Å²) >= 11 is 0. The Bertz CT molecular complexity index is 1630. The second-order valence-corrected chi connectivity index (χ2v) is 12.9. The molecule has 0 aliphatic heterocycles. The van der Waals surface area contributed by atoms with Gasteiger partial charge in [-0.15, -0.1) is 0 Å². The summed E-state index contributed by atoms with van der Waals surface area (Å²) in [5, 5.41) is 7.24. The maximum atomic E-state index is 13.9. The molecule has 0 amide bonds. The minimum Gasteiger partial charge on any atom is -0.365 e. The van der Waals surface area contributed by atoms with Gasteiger partial charge in [-0.3, -0.25) is 9.51 Å². The van der Waals surface area contributed by atoms with Gasteiger partial charge in [0.1, 0.15) is 5.52 Å². The van der Waals surface area contributed by atoms with Crippen LogP contribution >= 0.6 is 0 Å². The van der Waals surface area contributed by atoms with Gasteiger partial charge in [-0.05, 0) is 62.5 Å². The van der Waals surface area contributed by atoms with Gasteiger partial charge in [0.05, 0.1) is 4.90 Å². The molecule has 3 heterocycles. The molecule has 6 rings (SSSR count). The molecular weight excluding hydrogens is 518 g/mol. The zero-order chi connectivity index (χ0) is 27.1. The molecule has 206 valence electrons. The number of rotatable bonds is 8. The third-order valence-corrected chi connectivity index (χ3v) is 10.00. The number of aromatic nitrogens is 6. The molecule has 0 saturated heterocycles. The lowest BCUT2D eigenvalue weighted by molar-refractivity contribution is 0.261. The first kappa shape index (κ1) is 25.7. The maximum absolute atomic E-state index is 13.9. The van der Waals surface area contributed by atoms with Crippen LogP contribution in [0.3, 0.4) is 0 Å². The smallest absolute Gasteiger partial charge is 0.365 e. The molecule has 0 radical (unpaired) electrons. The van der Waals surface area contributed by atoms with Gasteiger partial charge in [-0.2, -0.15) is 4.98 Å². The van der Waals surface area contributed by atoms with E-state index >= 15 is 0 Å². The first-order valence-corrected chi connectivity index (χ1v) is 15.2. The Balaban J connectivity index is 1.54. The number of H-pyrrole nitrogens is 1. The van der Waals surface area contributed by atoms with E-state index in [1.807, 2.05) is 0 Å². The van der Waals surface area contributed by atoms with Crippen LogP contribution in [0.2, 0.25) is 0 Å². The Morgan fingerprint density at radius 1 is 1.08 bits per heavy atom. The lowest BCUT2D eigenvalue weighted by Crippen LogP contribution is -2.31. The lowest BCUT2D eigenvalue weighted by atomic mass is 9.80. The Morgan fingerprint density at radius 2 is 1.82 bits per heavy atom. The van der Waals surface area contributed by atoms with Crippen LogP contribution < -0.4 is 11.1 Å². The van der Waals surface area contributed by atoms with Gasteiger partial charge in [-0.1, -0.05) is 49.5 Å². The number of nitrogens with zero attached hydrogens (tertiary/aromatic N) is 5. The molecule has 0 spiro atoms. The number of hydrogen-bond acceptors (Lipinski definition) is 9. The van der Waals surface area contributed by atoms with E-state index < -0.39 is 15.6 Å². The molecule has 2 fully saturated rings. The molecule has 1 atom stereocenters. The number of imidazole rings is 1. The molecule has 4 aromatic rings. The fourth-order valence-electron chi connectivity index (χ4n) is 5.67. The van der Waals surface area contributed by atoms with Crippen LogP contribution in [0.4, 0.5) is 5.82 Å². The van der Waals surface area contributed by atoms with Crippen molar-refractivity contribution in [2.45, 2.75) is 81.4 Å². The molecule has 2 aliphatic carbocycles. The number of anilines is 1. The van der Waals surface area contributed by atoms with Gasteiger partial charge in [0.2, 0.25) is 26.6 Å². The summed E-state index contributed by atoms with van der Waals surface area (Å²) in [4.78, 5) is 28.2. The molecule has 39 heavy (non-hydrogen) atoms. The minimum absolute atomic E-state index is 0.0539. The highest BCUT2D eigenvalue weighted by Gasteiger charge is 2.32. The predicted molar refractivity (Wildman–Crippen MR) is 145 cm³/mol. The molecule has 11 nitrogen and oxygen atoms in total. The van der Waals surface area contributed by atoms with E-state index in [1.54, 1.807) is 34.9 Å². The van der Waals surface area contributed by atoms with Crippen LogP contribution in [0.15, 0.2) is 49.7 Å². The van der Waals surface area contributed by atoms with Crippen molar-refractivity contribution in [1.82, 2.24) is 29.7 Å². The van der Waals surface area contributed by atoms with Gasteiger partial charge in [0, 0.05) is 12.6 Å². The summed E-state index contributed by atoms with van der Waals surface area (Å²) < 4.78 is 34.4. The van der Waals surface area contributed by atoms with E-state index in [1.165, 1.54) is 6.42 Å². The zero-order valence-corrected chi connectivity index (χ0v) is 22.9. The van der Waals surface area contributed by atoms with E-state index in [4.69, 9.17) is 4.98 Å². The first-order chi connectivity index (χ1) is 18.8. The van der Waals surface area contributed by atoms with Crippen molar-refractivity contribution in [3.05, 3.63) is 40.9 Å². The molecular formula is C27H33N7O4S. The van der Waals surface area contributed by atoms with Crippen LogP contribution in [0.5, 0.6) is 0 Å². The molecule has 0 bridgehead atoms. The SMILES string of the molecule is C[C@@H](Nc1nc(-c2noc(=O)[nH]2)nc2nc(S(=O)(=O)c3ccccc3)n(C[C@H]3CC[C@H](C)CC3)c12)C1CCC1. The van der Waals surface area contributed by atoms with Gasteiger partial charge in [-0.25, -0.2) is 23.2 Å². The van der Waals surface area contributed by atoms with E-state index in [0.29, 0.717) is 35.6 Å². The van der Waals surface area contributed by atoms with Crippen molar-refractivity contribution < 1.29 is 12.9 Å².